The van der Waals surface area contributed by atoms with E-state index in [1.165, 1.54) is 0 Å². The van der Waals surface area contributed by atoms with E-state index in [4.69, 9.17) is 0 Å². The Morgan fingerprint density at radius 1 is 1.15 bits per heavy atom. The first-order valence-electron chi connectivity index (χ1n) is 5.81. The minimum Gasteiger partial charge on any atom is -0.467 e. The number of carbonyl (C=O) groups is 2. The molecule has 0 bridgehead atoms. The molecule has 0 aromatic heterocycles. The highest BCUT2D eigenvalue weighted by Gasteiger charge is 2.26. The third-order valence-corrected chi connectivity index (χ3v) is 2.65. The van der Waals surface area contributed by atoms with Gasteiger partial charge in [0.05, 0.1) is 7.11 Å². The third-order valence-electron chi connectivity index (χ3n) is 2.65. The van der Waals surface area contributed by atoms with Crippen molar-refractivity contribution in [2.45, 2.75) is 19.9 Å². The Morgan fingerprint density at radius 3 is 2.05 bits per heavy atom. The number of methoxy groups -OCH3 is 1. The van der Waals surface area contributed by atoms with Crippen molar-refractivity contribution in [3.63, 3.8) is 0 Å². The quantitative estimate of drug-likeness (QED) is 0.681. The fourth-order valence-electron chi connectivity index (χ4n) is 1.54. The van der Waals surface area contributed by atoms with Crippen LogP contribution in [0.1, 0.15) is 24.2 Å². The summed E-state index contributed by atoms with van der Waals surface area (Å²) in [4.78, 5) is 23.3. The third kappa shape index (κ3) is 3.49. The Balaban J connectivity index is 2.98. The molecule has 0 aliphatic rings. The van der Waals surface area contributed by atoms with Crippen molar-refractivity contribution < 1.29 is 27.5 Å². The Morgan fingerprint density at radius 2 is 1.65 bits per heavy atom. The molecule has 0 heterocycles. The van der Waals surface area contributed by atoms with Gasteiger partial charge in [0.25, 0.3) is 5.91 Å². The summed E-state index contributed by atoms with van der Waals surface area (Å²) in [5.74, 6) is -6.48. The summed E-state index contributed by atoms with van der Waals surface area (Å²) in [7, 11) is 1.15. The Kier molecular flexibility index (Phi) is 5.12. The zero-order valence-electron chi connectivity index (χ0n) is 11.2. The Hall–Kier alpha value is -2.05. The summed E-state index contributed by atoms with van der Waals surface area (Å²) in [5, 5.41) is 2.29. The first-order valence-corrected chi connectivity index (χ1v) is 5.81. The lowest BCUT2D eigenvalue weighted by atomic mass is 10.0. The van der Waals surface area contributed by atoms with E-state index in [9.17, 15) is 22.8 Å². The van der Waals surface area contributed by atoms with E-state index in [-0.39, 0.29) is 5.92 Å². The van der Waals surface area contributed by atoms with Gasteiger partial charge < -0.3 is 10.1 Å². The van der Waals surface area contributed by atoms with E-state index >= 15 is 0 Å². The lowest BCUT2D eigenvalue weighted by molar-refractivity contribution is -0.144. The first-order chi connectivity index (χ1) is 9.27. The largest absolute Gasteiger partial charge is 0.467 e. The van der Waals surface area contributed by atoms with Gasteiger partial charge >= 0.3 is 5.97 Å². The number of nitrogens with one attached hydrogen (secondary N) is 1. The molecule has 7 heteroatoms. The maximum absolute atomic E-state index is 13.0. The van der Waals surface area contributed by atoms with Crippen molar-refractivity contribution in [3.8, 4) is 0 Å². The molecule has 0 saturated carbocycles. The minimum absolute atomic E-state index is 0.290. The molecule has 110 valence electrons. The van der Waals surface area contributed by atoms with E-state index in [1.54, 1.807) is 13.8 Å². The summed E-state index contributed by atoms with van der Waals surface area (Å²) < 4.78 is 43.4. The van der Waals surface area contributed by atoms with E-state index in [0.717, 1.165) is 7.11 Å². The first kappa shape index (κ1) is 16.0. The van der Waals surface area contributed by atoms with Crippen LogP contribution in [0.3, 0.4) is 0 Å². The summed E-state index contributed by atoms with van der Waals surface area (Å²) in [6.45, 7) is 3.32. The molecule has 1 rings (SSSR count). The van der Waals surface area contributed by atoms with Gasteiger partial charge in [-0.15, -0.1) is 0 Å². The second-order valence-electron chi connectivity index (χ2n) is 4.47. The van der Waals surface area contributed by atoms with Gasteiger partial charge in [0.1, 0.15) is 6.04 Å². The SMILES string of the molecule is COC(=O)C(NC(=O)c1cc(F)c(F)c(F)c1)C(C)C. The summed E-state index contributed by atoms with van der Waals surface area (Å²) >= 11 is 0. The highest BCUT2D eigenvalue weighted by atomic mass is 19.2. The number of hydrogen-bond acceptors (Lipinski definition) is 3. The number of benzene rings is 1. The van der Waals surface area contributed by atoms with Gasteiger partial charge in [0.2, 0.25) is 0 Å². The van der Waals surface area contributed by atoms with Gasteiger partial charge in [0.15, 0.2) is 17.5 Å². The number of amides is 1. The number of rotatable bonds is 4. The van der Waals surface area contributed by atoms with Gasteiger partial charge in [-0.3, -0.25) is 4.79 Å². The average molecular weight is 289 g/mol. The number of carbonyl (C=O) groups excluding carboxylic acids is 2. The van der Waals surface area contributed by atoms with Crippen LogP contribution in [-0.2, 0) is 9.53 Å². The maximum Gasteiger partial charge on any atom is 0.328 e. The van der Waals surface area contributed by atoms with Crippen LogP contribution in [0, 0.1) is 23.4 Å². The summed E-state index contributed by atoms with van der Waals surface area (Å²) in [6.07, 6.45) is 0. The van der Waals surface area contributed by atoms with Crippen molar-refractivity contribution in [1.82, 2.24) is 5.32 Å². The van der Waals surface area contributed by atoms with Gasteiger partial charge in [-0.05, 0) is 18.1 Å². The van der Waals surface area contributed by atoms with Crippen LogP contribution in [0.25, 0.3) is 0 Å². The van der Waals surface area contributed by atoms with Crippen LogP contribution in [-0.4, -0.2) is 25.0 Å². The van der Waals surface area contributed by atoms with E-state index in [0.29, 0.717) is 12.1 Å². The topological polar surface area (TPSA) is 55.4 Å². The number of esters is 1. The number of halogens is 3. The molecule has 20 heavy (non-hydrogen) atoms. The predicted octanol–water partition coefficient (Wildman–Crippen LogP) is 2.03. The molecule has 1 amide bonds. The van der Waals surface area contributed by atoms with E-state index < -0.39 is 40.9 Å². The van der Waals surface area contributed by atoms with Crippen LogP contribution >= 0.6 is 0 Å². The molecule has 0 spiro atoms. The molecular weight excluding hydrogens is 275 g/mol. The minimum atomic E-state index is -1.66. The number of ether oxygens (including phenoxy) is 1. The molecule has 4 nitrogen and oxygen atoms in total. The molecule has 0 radical (unpaired) electrons. The van der Waals surface area contributed by atoms with Crippen LogP contribution in [0.5, 0.6) is 0 Å². The molecule has 0 aliphatic carbocycles. The van der Waals surface area contributed by atoms with E-state index in [1.807, 2.05) is 0 Å². The van der Waals surface area contributed by atoms with Gasteiger partial charge in [-0.1, -0.05) is 13.8 Å². The monoisotopic (exact) mass is 289 g/mol. The van der Waals surface area contributed by atoms with Gasteiger partial charge in [0, 0.05) is 5.56 Å². The number of hydrogen-bond donors (Lipinski definition) is 1. The zero-order chi connectivity index (χ0) is 15.4. The smallest absolute Gasteiger partial charge is 0.328 e. The molecule has 1 unspecified atom stereocenters. The van der Waals surface area contributed by atoms with Crippen molar-refractivity contribution in [2.24, 2.45) is 5.92 Å². The van der Waals surface area contributed by atoms with Crippen molar-refractivity contribution in [3.05, 3.63) is 35.1 Å². The Bertz CT molecular complexity index is 509. The molecule has 0 fully saturated rings. The lowest BCUT2D eigenvalue weighted by Crippen LogP contribution is -2.45. The second kappa shape index (κ2) is 6.40. The summed E-state index contributed by atoms with van der Waals surface area (Å²) in [6, 6.07) is 0.147. The Labute approximate surface area is 113 Å². The maximum atomic E-state index is 13.0. The lowest BCUT2D eigenvalue weighted by Gasteiger charge is -2.19. The van der Waals surface area contributed by atoms with Crippen LogP contribution in [0.2, 0.25) is 0 Å². The van der Waals surface area contributed by atoms with Crippen molar-refractivity contribution in [1.29, 1.82) is 0 Å². The highest BCUT2D eigenvalue weighted by molar-refractivity contribution is 5.96. The molecule has 0 saturated heterocycles. The van der Waals surface area contributed by atoms with Crippen molar-refractivity contribution >= 4 is 11.9 Å². The van der Waals surface area contributed by atoms with Gasteiger partial charge in [-0.2, -0.15) is 0 Å². The second-order valence-corrected chi connectivity index (χ2v) is 4.47. The molecular formula is C13H14F3NO3. The standard InChI is InChI=1S/C13H14F3NO3/c1-6(2)11(13(19)20-3)17-12(18)7-4-8(14)10(16)9(15)5-7/h4-6,11H,1-3H3,(H,17,18). The van der Waals surface area contributed by atoms with Crippen LogP contribution in [0.4, 0.5) is 13.2 Å². The fourth-order valence-corrected chi connectivity index (χ4v) is 1.54. The molecule has 1 aromatic rings. The van der Waals surface area contributed by atoms with Crippen LogP contribution < -0.4 is 5.32 Å². The van der Waals surface area contributed by atoms with Gasteiger partial charge in [-0.25, -0.2) is 18.0 Å². The van der Waals surface area contributed by atoms with E-state index in [2.05, 4.69) is 10.1 Å². The molecule has 1 aromatic carbocycles. The molecule has 0 aliphatic heterocycles. The zero-order valence-corrected chi connectivity index (χ0v) is 11.2. The summed E-state index contributed by atoms with van der Waals surface area (Å²) in [5.41, 5.74) is -0.420. The fraction of sp³-hybridized carbons (Fsp3) is 0.385. The molecule has 1 atom stereocenters. The highest BCUT2D eigenvalue weighted by Crippen LogP contribution is 2.14. The molecule has 1 N–H and O–H groups in total. The average Bonchev–Trinajstić information content (AvgIpc) is 2.39. The van der Waals surface area contributed by atoms with Crippen molar-refractivity contribution in [2.75, 3.05) is 7.11 Å². The predicted molar refractivity (Wildman–Crippen MR) is 64.4 cm³/mol. The van der Waals surface area contributed by atoms with Crippen LogP contribution in [0.15, 0.2) is 12.1 Å². The normalized spacial score (nSPS) is 12.2.